The Morgan fingerprint density at radius 2 is 1.94 bits per heavy atom. The predicted molar refractivity (Wildman–Crippen MR) is 117 cm³/mol. The zero-order chi connectivity index (χ0) is 22.1. The van der Waals surface area contributed by atoms with E-state index < -0.39 is 17.0 Å². The second kappa shape index (κ2) is 8.01. The number of nitrogens with zero attached hydrogens (tertiary/aromatic N) is 3. The molecular weight excluding hydrogens is 416 g/mol. The molecule has 154 valence electrons. The zero-order valence-electron chi connectivity index (χ0n) is 16.3. The first kappa shape index (κ1) is 20.3. The molecule has 2 heterocycles. The predicted octanol–water partition coefficient (Wildman–Crippen LogP) is 4.46. The number of thiol groups is 1. The number of para-hydroxylation sites is 1. The van der Waals surface area contributed by atoms with E-state index in [-0.39, 0.29) is 16.3 Å². The number of carbonyl (C=O) groups is 1. The van der Waals surface area contributed by atoms with Crippen LogP contribution in [0.15, 0.2) is 75.7 Å². The van der Waals surface area contributed by atoms with Crippen LogP contribution in [-0.2, 0) is 4.79 Å². The Labute approximate surface area is 183 Å². The highest BCUT2D eigenvalue weighted by Gasteiger charge is 2.36. The summed E-state index contributed by atoms with van der Waals surface area (Å²) in [5.41, 5.74) is 1.57. The molecule has 0 saturated heterocycles. The van der Waals surface area contributed by atoms with Gasteiger partial charge in [-0.3, -0.25) is 14.9 Å². The van der Waals surface area contributed by atoms with Crippen LogP contribution < -0.4 is 10.2 Å². The van der Waals surface area contributed by atoms with Gasteiger partial charge in [-0.1, -0.05) is 24.3 Å². The average molecular weight is 432 g/mol. The minimum absolute atomic E-state index is 0.0740. The number of rotatable bonds is 4. The van der Waals surface area contributed by atoms with Crippen LogP contribution in [0.3, 0.4) is 0 Å². The zero-order valence-corrected chi connectivity index (χ0v) is 17.2. The SMILES string of the molecule is Cc1ccc(-c2ccc([C@@H]3NC(=O)C(C#N)=C(S)N3c3ccccc3)o2)c([N+](=O)[O-])c1. The van der Waals surface area contributed by atoms with Gasteiger partial charge in [-0.25, -0.2) is 0 Å². The molecular formula is C22H16N4O4S. The topological polar surface area (TPSA) is 112 Å². The molecule has 3 aromatic rings. The van der Waals surface area contributed by atoms with E-state index in [1.54, 1.807) is 36.1 Å². The van der Waals surface area contributed by atoms with Crippen molar-refractivity contribution in [3.63, 3.8) is 0 Å². The van der Waals surface area contributed by atoms with Crippen molar-refractivity contribution in [3.05, 3.63) is 92.7 Å². The molecule has 0 unspecified atom stereocenters. The minimum atomic E-state index is -0.794. The summed E-state index contributed by atoms with van der Waals surface area (Å²) in [4.78, 5) is 25.2. The van der Waals surface area contributed by atoms with Gasteiger partial charge in [0.15, 0.2) is 6.17 Å². The first-order valence-corrected chi connectivity index (χ1v) is 9.69. The van der Waals surface area contributed by atoms with Crippen LogP contribution in [-0.4, -0.2) is 10.8 Å². The lowest BCUT2D eigenvalue weighted by Crippen LogP contribution is -2.45. The number of nitro benzene ring substituents is 1. The van der Waals surface area contributed by atoms with Crippen LogP contribution in [0.1, 0.15) is 17.5 Å². The van der Waals surface area contributed by atoms with Gasteiger partial charge in [0.05, 0.1) is 15.5 Å². The molecule has 31 heavy (non-hydrogen) atoms. The summed E-state index contributed by atoms with van der Waals surface area (Å²) in [5, 5.41) is 23.8. The molecule has 2 aromatic carbocycles. The highest BCUT2D eigenvalue weighted by Crippen LogP contribution is 2.38. The maximum absolute atomic E-state index is 12.5. The second-order valence-corrected chi connectivity index (χ2v) is 7.30. The molecule has 0 radical (unpaired) electrons. The average Bonchev–Trinajstić information content (AvgIpc) is 3.24. The third-order valence-electron chi connectivity index (χ3n) is 4.86. The van der Waals surface area contributed by atoms with Crippen LogP contribution in [0.2, 0.25) is 0 Å². The lowest BCUT2D eigenvalue weighted by Gasteiger charge is -2.36. The Balaban J connectivity index is 1.81. The van der Waals surface area contributed by atoms with Gasteiger partial charge in [0.1, 0.15) is 23.2 Å². The lowest BCUT2D eigenvalue weighted by atomic mass is 10.1. The van der Waals surface area contributed by atoms with E-state index in [0.29, 0.717) is 22.8 Å². The first-order valence-electron chi connectivity index (χ1n) is 9.24. The molecule has 1 amide bonds. The van der Waals surface area contributed by atoms with Crippen molar-refractivity contribution < 1.29 is 14.1 Å². The summed E-state index contributed by atoms with van der Waals surface area (Å²) in [6.07, 6.45) is -0.794. The Bertz CT molecular complexity index is 1260. The number of amides is 1. The molecule has 1 aromatic heterocycles. The standard InChI is InChI=1S/C22H16N4O4S/c1-13-7-8-15(17(11-13)26(28)29)18-9-10-19(30-18)20-24-21(27)16(12-23)22(31)25(20)14-5-3-2-4-6-14/h2-11,20,31H,1H3,(H,24,27)/t20-/m1/s1. The van der Waals surface area contributed by atoms with E-state index in [4.69, 9.17) is 4.42 Å². The van der Waals surface area contributed by atoms with Gasteiger partial charge < -0.3 is 14.6 Å². The fourth-order valence-corrected chi connectivity index (χ4v) is 3.79. The van der Waals surface area contributed by atoms with Gasteiger partial charge in [0.2, 0.25) is 0 Å². The number of nitriles is 1. The van der Waals surface area contributed by atoms with Crippen LogP contribution >= 0.6 is 12.6 Å². The molecule has 0 bridgehead atoms. The van der Waals surface area contributed by atoms with Crippen molar-refractivity contribution in [1.82, 2.24) is 5.32 Å². The Hall–Kier alpha value is -4.03. The number of carbonyl (C=O) groups excluding carboxylic acids is 1. The molecule has 0 spiro atoms. The molecule has 8 nitrogen and oxygen atoms in total. The Morgan fingerprint density at radius 3 is 2.61 bits per heavy atom. The van der Waals surface area contributed by atoms with Crippen LogP contribution in [0, 0.1) is 28.4 Å². The third kappa shape index (κ3) is 3.65. The summed E-state index contributed by atoms with van der Waals surface area (Å²) >= 11 is 4.43. The summed E-state index contributed by atoms with van der Waals surface area (Å²) in [7, 11) is 0. The molecule has 9 heteroatoms. The fraction of sp³-hybridized carbons (Fsp3) is 0.0909. The van der Waals surface area contributed by atoms with E-state index in [2.05, 4.69) is 17.9 Å². The van der Waals surface area contributed by atoms with Gasteiger partial charge in [-0.2, -0.15) is 5.26 Å². The quantitative estimate of drug-likeness (QED) is 0.357. The van der Waals surface area contributed by atoms with Crippen molar-refractivity contribution in [2.24, 2.45) is 0 Å². The van der Waals surface area contributed by atoms with Crippen LogP contribution in [0.5, 0.6) is 0 Å². The van der Waals surface area contributed by atoms with Gasteiger partial charge in [0.25, 0.3) is 11.6 Å². The molecule has 1 aliphatic rings. The lowest BCUT2D eigenvalue weighted by molar-refractivity contribution is -0.384. The van der Waals surface area contributed by atoms with E-state index >= 15 is 0 Å². The van der Waals surface area contributed by atoms with Crippen LogP contribution in [0.4, 0.5) is 11.4 Å². The summed E-state index contributed by atoms with van der Waals surface area (Å²) in [6.45, 7) is 1.77. The molecule has 1 atom stereocenters. The van der Waals surface area contributed by atoms with Gasteiger partial charge >= 0.3 is 0 Å². The fourth-order valence-electron chi connectivity index (χ4n) is 3.41. The number of benzene rings is 2. The Kier molecular flexibility index (Phi) is 5.23. The molecule has 0 saturated carbocycles. The second-order valence-electron chi connectivity index (χ2n) is 6.87. The molecule has 1 N–H and O–H groups in total. The van der Waals surface area contributed by atoms with Gasteiger partial charge in [-0.05, 0) is 42.8 Å². The first-order chi connectivity index (χ1) is 14.9. The number of nitro groups is 1. The van der Waals surface area contributed by atoms with Crippen molar-refractivity contribution in [2.75, 3.05) is 4.90 Å². The number of furan rings is 1. The van der Waals surface area contributed by atoms with Crippen molar-refractivity contribution >= 4 is 29.9 Å². The third-order valence-corrected chi connectivity index (χ3v) is 5.30. The molecule has 4 rings (SSSR count). The monoisotopic (exact) mass is 432 g/mol. The number of hydrogen-bond acceptors (Lipinski definition) is 7. The largest absolute Gasteiger partial charge is 0.457 e. The van der Waals surface area contributed by atoms with Crippen molar-refractivity contribution in [2.45, 2.75) is 13.1 Å². The van der Waals surface area contributed by atoms with Gasteiger partial charge in [-0.15, -0.1) is 12.6 Å². The van der Waals surface area contributed by atoms with Gasteiger partial charge in [0, 0.05) is 11.8 Å². The van der Waals surface area contributed by atoms with E-state index in [1.807, 2.05) is 36.4 Å². The maximum Gasteiger partial charge on any atom is 0.280 e. The number of anilines is 1. The molecule has 0 aliphatic carbocycles. The Morgan fingerprint density at radius 1 is 1.19 bits per heavy atom. The minimum Gasteiger partial charge on any atom is -0.457 e. The normalized spacial score (nSPS) is 16.1. The van der Waals surface area contributed by atoms with Crippen molar-refractivity contribution in [1.29, 1.82) is 5.26 Å². The highest BCUT2D eigenvalue weighted by molar-refractivity contribution is 7.84. The molecule has 1 aliphatic heterocycles. The van der Waals surface area contributed by atoms with E-state index in [0.717, 1.165) is 5.56 Å². The van der Waals surface area contributed by atoms with E-state index in [9.17, 15) is 20.2 Å². The molecule has 0 fully saturated rings. The summed E-state index contributed by atoms with van der Waals surface area (Å²) in [5.74, 6) is 0.0503. The summed E-state index contributed by atoms with van der Waals surface area (Å²) in [6, 6.07) is 19.1. The smallest absolute Gasteiger partial charge is 0.280 e. The van der Waals surface area contributed by atoms with E-state index in [1.165, 1.54) is 6.07 Å². The van der Waals surface area contributed by atoms with Crippen LogP contribution in [0.25, 0.3) is 11.3 Å². The highest BCUT2D eigenvalue weighted by atomic mass is 32.1. The number of aryl methyl sites for hydroxylation is 1. The maximum atomic E-state index is 12.5. The summed E-state index contributed by atoms with van der Waals surface area (Å²) < 4.78 is 5.96. The van der Waals surface area contributed by atoms with Crippen molar-refractivity contribution in [3.8, 4) is 17.4 Å². The number of nitrogens with one attached hydrogen (secondary N) is 1. The number of hydrogen-bond donors (Lipinski definition) is 2.